The smallest absolute Gasteiger partial charge is 0.217 e. The van der Waals surface area contributed by atoms with Crippen LogP contribution < -0.4 is 5.32 Å². The third-order valence-electron chi connectivity index (χ3n) is 4.18. The Bertz CT molecular complexity index is 870. The molecule has 1 heterocycles. The van der Waals surface area contributed by atoms with Crippen LogP contribution in [-0.4, -0.2) is 22.0 Å². The van der Waals surface area contributed by atoms with Crippen molar-refractivity contribution in [2.45, 2.75) is 32.7 Å². The molecule has 0 aliphatic carbocycles. The Labute approximate surface area is 157 Å². The normalized spacial score (nSPS) is 11.9. The number of aryl methyl sites for hydroxylation is 1. The minimum absolute atomic E-state index is 0.0146. The van der Waals surface area contributed by atoms with E-state index in [4.69, 9.17) is 4.98 Å². The molecule has 0 aliphatic rings. The van der Waals surface area contributed by atoms with Crippen LogP contribution in [0.15, 0.2) is 53.9 Å². The number of nitrogens with one attached hydrogen (secondary N) is 1. The first-order chi connectivity index (χ1) is 12.5. The quantitative estimate of drug-likeness (QED) is 0.668. The molecule has 1 aromatic heterocycles. The molecule has 26 heavy (non-hydrogen) atoms. The summed E-state index contributed by atoms with van der Waals surface area (Å²) in [5.41, 5.74) is 4.30. The van der Waals surface area contributed by atoms with Gasteiger partial charge in [0.25, 0.3) is 0 Å². The number of carbonyl (C=O) groups is 1. The van der Waals surface area contributed by atoms with Gasteiger partial charge < -0.3 is 10.4 Å². The molecule has 0 aliphatic heterocycles. The van der Waals surface area contributed by atoms with Gasteiger partial charge in [-0.25, -0.2) is 4.98 Å². The van der Waals surface area contributed by atoms with Crippen molar-refractivity contribution in [3.63, 3.8) is 0 Å². The number of thiazole rings is 1. The highest BCUT2D eigenvalue weighted by atomic mass is 32.1. The first-order valence-corrected chi connectivity index (χ1v) is 9.50. The third-order valence-corrected chi connectivity index (χ3v) is 5.08. The van der Waals surface area contributed by atoms with Crippen LogP contribution in [-0.2, 0) is 11.2 Å². The van der Waals surface area contributed by atoms with Crippen molar-refractivity contribution < 1.29 is 9.90 Å². The van der Waals surface area contributed by atoms with Crippen LogP contribution in [0.2, 0.25) is 0 Å². The zero-order valence-corrected chi connectivity index (χ0v) is 15.7. The number of carbonyl (C=O) groups excluding carboxylic acids is 1. The van der Waals surface area contributed by atoms with Gasteiger partial charge in [-0.05, 0) is 49.6 Å². The summed E-state index contributed by atoms with van der Waals surface area (Å²) in [6, 6.07) is 15.7. The number of hydrogen-bond donors (Lipinski definition) is 2. The molecule has 0 bridgehead atoms. The summed E-state index contributed by atoms with van der Waals surface area (Å²) in [6.07, 6.45) is 1.85. The lowest BCUT2D eigenvalue weighted by atomic mass is 10.0. The second kappa shape index (κ2) is 8.15. The minimum Gasteiger partial charge on any atom is -0.508 e. The van der Waals surface area contributed by atoms with Gasteiger partial charge in [-0.3, -0.25) is 4.79 Å². The number of hydrogen-bond acceptors (Lipinski definition) is 4. The van der Waals surface area contributed by atoms with E-state index in [2.05, 4.69) is 35.0 Å². The molecule has 4 nitrogen and oxygen atoms in total. The maximum atomic E-state index is 11.1. The summed E-state index contributed by atoms with van der Waals surface area (Å²) in [5, 5.41) is 15.3. The second-order valence-electron chi connectivity index (χ2n) is 6.42. The summed E-state index contributed by atoms with van der Waals surface area (Å²) in [6.45, 7) is 3.57. The van der Waals surface area contributed by atoms with Crippen LogP contribution in [0.5, 0.6) is 5.75 Å². The van der Waals surface area contributed by atoms with Gasteiger partial charge in [0.05, 0.1) is 5.69 Å². The Balaban J connectivity index is 1.65. The number of nitrogens with zero attached hydrogens (tertiary/aromatic N) is 1. The molecular weight excluding hydrogens is 344 g/mol. The van der Waals surface area contributed by atoms with Crippen LogP contribution in [0.4, 0.5) is 0 Å². The van der Waals surface area contributed by atoms with Crippen LogP contribution in [0.3, 0.4) is 0 Å². The average Bonchev–Trinajstić information content (AvgIpc) is 3.10. The fraction of sp³-hybridized carbons (Fsp3) is 0.238. The lowest BCUT2D eigenvalue weighted by molar-refractivity contribution is -0.119. The monoisotopic (exact) mass is 366 g/mol. The topological polar surface area (TPSA) is 62.2 Å². The molecule has 5 heteroatoms. The molecule has 0 saturated carbocycles. The van der Waals surface area contributed by atoms with Gasteiger partial charge in [0, 0.05) is 29.5 Å². The summed E-state index contributed by atoms with van der Waals surface area (Å²) in [7, 11) is 0. The van der Waals surface area contributed by atoms with Gasteiger partial charge in [-0.1, -0.05) is 24.3 Å². The molecule has 2 aromatic carbocycles. The summed E-state index contributed by atoms with van der Waals surface area (Å²) in [4.78, 5) is 15.8. The number of aromatic hydroxyl groups is 1. The van der Waals surface area contributed by atoms with Gasteiger partial charge in [-0.2, -0.15) is 0 Å². The molecule has 1 atom stereocenters. The number of rotatable bonds is 6. The second-order valence-corrected chi connectivity index (χ2v) is 7.28. The molecule has 1 unspecified atom stereocenters. The van der Waals surface area contributed by atoms with Crippen molar-refractivity contribution in [1.29, 1.82) is 0 Å². The zero-order chi connectivity index (χ0) is 18.5. The van der Waals surface area contributed by atoms with E-state index in [0.29, 0.717) is 0 Å². The van der Waals surface area contributed by atoms with Gasteiger partial charge in [0.15, 0.2) is 0 Å². The van der Waals surface area contributed by atoms with Gasteiger partial charge in [-0.15, -0.1) is 11.3 Å². The minimum atomic E-state index is 0.0146. The summed E-state index contributed by atoms with van der Waals surface area (Å²) in [5.74, 6) is 0.273. The van der Waals surface area contributed by atoms with E-state index in [0.717, 1.165) is 34.7 Å². The van der Waals surface area contributed by atoms with Crippen molar-refractivity contribution in [2.75, 3.05) is 0 Å². The fourth-order valence-corrected chi connectivity index (χ4v) is 3.62. The molecule has 1 amide bonds. The van der Waals surface area contributed by atoms with Gasteiger partial charge in [0.2, 0.25) is 5.91 Å². The standard InChI is InChI=1S/C21H22N2O2S/c1-14(22-15(2)24)3-4-16-5-7-17(8-6-16)20-13-26-21(23-20)18-9-11-19(25)12-10-18/h5-14,25H,3-4H2,1-2H3,(H,22,24). The fourth-order valence-electron chi connectivity index (χ4n) is 2.79. The Kier molecular flexibility index (Phi) is 5.68. The van der Waals surface area contributed by atoms with Crippen molar-refractivity contribution in [2.24, 2.45) is 0 Å². The van der Waals surface area contributed by atoms with Crippen LogP contribution in [0.25, 0.3) is 21.8 Å². The Morgan fingerprint density at radius 2 is 1.77 bits per heavy atom. The molecule has 3 aromatic rings. The van der Waals surface area contributed by atoms with Gasteiger partial charge in [0.1, 0.15) is 10.8 Å². The van der Waals surface area contributed by atoms with E-state index in [1.54, 1.807) is 30.4 Å². The van der Waals surface area contributed by atoms with Crippen molar-refractivity contribution in [3.05, 3.63) is 59.5 Å². The molecule has 3 rings (SSSR count). The van der Waals surface area contributed by atoms with Crippen LogP contribution in [0.1, 0.15) is 25.8 Å². The predicted molar refractivity (Wildman–Crippen MR) is 106 cm³/mol. The largest absolute Gasteiger partial charge is 0.508 e. The number of phenolic OH excluding ortho intramolecular Hbond substituents is 1. The summed E-state index contributed by atoms with van der Waals surface area (Å²) < 4.78 is 0. The maximum absolute atomic E-state index is 11.1. The molecule has 0 fully saturated rings. The molecule has 0 saturated heterocycles. The predicted octanol–water partition coefficient (Wildman–Crippen LogP) is 4.64. The number of amides is 1. The molecule has 2 N–H and O–H groups in total. The van der Waals surface area contributed by atoms with Crippen LogP contribution >= 0.6 is 11.3 Å². The van der Waals surface area contributed by atoms with E-state index in [9.17, 15) is 9.90 Å². The molecule has 0 radical (unpaired) electrons. The highest BCUT2D eigenvalue weighted by molar-refractivity contribution is 7.13. The molecular formula is C21H22N2O2S. The number of aromatic nitrogens is 1. The van der Waals surface area contributed by atoms with Crippen molar-refractivity contribution >= 4 is 17.2 Å². The van der Waals surface area contributed by atoms with E-state index in [1.807, 2.05) is 19.1 Å². The summed E-state index contributed by atoms with van der Waals surface area (Å²) >= 11 is 1.59. The SMILES string of the molecule is CC(=O)NC(C)CCc1ccc(-c2csc(-c3ccc(O)cc3)n2)cc1. The Morgan fingerprint density at radius 1 is 1.12 bits per heavy atom. The lowest BCUT2D eigenvalue weighted by Crippen LogP contribution is -2.30. The molecule has 0 spiro atoms. The highest BCUT2D eigenvalue weighted by Gasteiger charge is 2.08. The average molecular weight is 366 g/mol. The molecule has 134 valence electrons. The first-order valence-electron chi connectivity index (χ1n) is 8.62. The first kappa shape index (κ1) is 18.1. The third kappa shape index (κ3) is 4.70. The van der Waals surface area contributed by atoms with E-state index in [1.165, 1.54) is 5.56 Å². The highest BCUT2D eigenvalue weighted by Crippen LogP contribution is 2.29. The van der Waals surface area contributed by atoms with E-state index in [-0.39, 0.29) is 17.7 Å². The number of benzene rings is 2. The lowest BCUT2D eigenvalue weighted by Gasteiger charge is -2.12. The Morgan fingerprint density at radius 3 is 2.42 bits per heavy atom. The number of phenols is 1. The maximum Gasteiger partial charge on any atom is 0.217 e. The van der Waals surface area contributed by atoms with Gasteiger partial charge >= 0.3 is 0 Å². The van der Waals surface area contributed by atoms with Crippen molar-refractivity contribution in [1.82, 2.24) is 10.3 Å². The Hall–Kier alpha value is -2.66. The zero-order valence-electron chi connectivity index (χ0n) is 14.9. The van der Waals surface area contributed by atoms with E-state index >= 15 is 0 Å². The van der Waals surface area contributed by atoms with Crippen molar-refractivity contribution in [3.8, 4) is 27.6 Å². The van der Waals surface area contributed by atoms with Crippen LogP contribution in [0, 0.1) is 0 Å². The van der Waals surface area contributed by atoms with E-state index < -0.39 is 0 Å².